The Bertz CT molecular complexity index is 926. The van der Waals surface area contributed by atoms with Gasteiger partial charge in [-0.05, 0) is 39.0 Å². The Morgan fingerprint density at radius 3 is 2.81 bits per heavy atom. The van der Waals surface area contributed by atoms with Crippen LogP contribution in [0.2, 0.25) is 0 Å². The van der Waals surface area contributed by atoms with Gasteiger partial charge in [0, 0.05) is 48.1 Å². The Hall–Kier alpha value is -2.47. The van der Waals surface area contributed by atoms with Crippen LogP contribution >= 0.6 is 0 Å². The summed E-state index contributed by atoms with van der Waals surface area (Å²) in [6.45, 7) is 8.93. The summed E-state index contributed by atoms with van der Waals surface area (Å²) in [5.41, 5.74) is 5.77. The lowest BCUT2D eigenvalue weighted by molar-refractivity contribution is 0.169. The number of nitrogens with one attached hydrogen (secondary N) is 1. The highest BCUT2D eigenvalue weighted by molar-refractivity contribution is 5.64. The van der Waals surface area contributed by atoms with E-state index in [1.807, 2.05) is 13.0 Å². The summed E-state index contributed by atoms with van der Waals surface area (Å²) >= 11 is 0. The number of hydrogen-bond donors (Lipinski definition) is 1. The molecule has 1 unspecified atom stereocenters. The summed E-state index contributed by atoms with van der Waals surface area (Å²) in [6, 6.07) is 9.29. The minimum atomic E-state index is -0.227. The van der Waals surface area contributed by atoms with Gasteiger partial charge in [0.2, 0.25) is 0 Å². The van der Waals surface area contributed by atoms with Crippen molar-refractivity contribution < 1.29 is 4.39 Å². The minimum absolute atomic E-state index is 0.227. The number of H-pyrrole nitrogens is 1. The van der Waals surface area contributed by atoms with E-state index >= 15 is 0 Å². The van der Waals surface area contributed by atoms with E-state index in [9.17, 15) is 4.39 Å². The number of hydrogen-bond acceptors (Lipinski definition) is 3. The standard InChI is InChI=1S/C20H24FN5/c1-13-10-14(2)26(24-13)11-15(3)25-9-8-19-17(12-25)20(23-22-19)16-6-4-5-7-18(16)21/h4-7,10,15H,8-9,11-12H2,1-3H3,(H,22,23). The van der Waals surface area contributed by atoms with E-state index in [0.29, 0.717) is 11.6 Å². The number of fused-ring (bicyclic) bond motifs is 1. The van der Waals surface area contributed by atoms with Crippen LogP contribution in [0.25, 0.3) is 11.3 Å². The van der Waals surface area contributed by atoms with Gasteiger partial charge in [0.25, 0.3) is 0 Å². The van der Waals surface area contributed by atoms with Gasteiger partial charge < -0.3 is 0 Å². The summed E-state index contributed by atoms with van der Waals surface area (Å²) in [5.74, 6) is -0.227. The molecule has 0 aliphatic carbocycles. The fraction of sp³-hybridized carbons (Fsp3) is 0.400. The fourth-order valence-electron chi connectivity index (χ4n) is 3.79. The van der Waals surface area contributed by atoms with Crippen LogP contribution in [0.15, 0.2) is 30.3 Å². The molecule has 1 N–H and O–H groups in total. The first-order chi connectivity index (χ1) is 12.5. The molecule has 1 aromatic carbocycles. The van der Waals surface area contributed by atoms with Crippen molar-refractivity contribution in [3.05, 3.63) is 58.8 Å². The first kappa shape index (κ1) is 17.0. The topological polar surface area (TPSA) is 49.7 Å². The molecular formula is C20H24FN5. The summed E-state index contributed by atoms with van der Waals surface area (Å²) < 4.78 is 16.3. The van der Waals surface area contributed by atoms with Crippen molar-refractivity contribution in [3.8, 4) is 11.3 Å². The average molecular weight is 353 g/mol. The molecule has 0 amide bonds. The van der Waals surface area contributed by atoms with Gasteiger partial charge in [-0.25, -0.2) is 4.39 Å². The molecule has 6 heteroatoms. The van der Waals surface area contributed by atoms with Gasteiger partial charge in [-0.2, -0.15) is 10.2 Å². The number of aromatic amines is 1. The van der Waals surface area contributed by atoms with E-state index in [0.717, 1.165) is 48.7 Å². The molecule has 1 aliphatic heterocycles. The first-order valence-electron chi connectivity index (χ1n) is 9.09. The summed E-state index contributed by atoms with van der Waals surface area (Å²) in [5, 5.41) is 12.1. The van der Waals surface area contributed by atoms with Crippen LogP contribution in [0, 0.1) is 19.7 Å². The Labute approximate surface area is 152 Å². The van der Waals surface area contributed by atoms with Crippen molar-refractivity contribution in [1.29, 1.82) is 0 Å². The molecule has 3 heterocycles. The lowest BCUT2D eigenvalue weighted by atomic mass is 9.99. The maximum absolute atomic E-state index is 14.2. The predicted molar refractivity (Wildman–Crippen MR) is 99.3 cm³/mol. The highest BCUT2D eigenvalue weighted by Gasteiger charge is 2.26. The number of aromatic nitrogens is 4. The maximum Gasteiger partial charge on any atom is 0.132 e. The van der Waals surface area contributed by atoms with Crippen molar-refractivity contribution in [3.63, 3.8) is 0 Å². The quantitative estimate of drug-likeness (QED) is 0.781. The van der Waals surface area contributed by atoms with Gasteiger partial charge in [0.15, 0.2) is 0 Å². The summed E-state index contributed by atoms with van der Waals surface area (Å²) in [7, 11) is 0. The zero-order valence-corrected chi connectivity index (χ0v) is 15.5. The maximum atomic E-state index is 14.2. The molecule has 2 aromatic heterocycles. The number of aryl methyl sites for hydroxylation is 2. The van der Waals surface area contributed by atoms with Crippen LogP contribution in [0.4, 0.5) is 4.39 Å². The monoisotopic (exact) mass is 353 g/mol. The zero-order chi connectivity index (χ0) is 18.3. The highest BCUT2D eigenvalue weighted by Crippen LogP contribution is 2.30. The molecule has 0 saturated heterocycles. The third kappa shape index (κ3) is 3.05. The molecular weight excluding hydrogens is 329 g/mol. The van der Waals surface area contributed by atoms with E-state index in [1.54, 1.807) is 12.1 Å². The smallest absolute Gasteiger partial charge is 0.132 e. The van der Waals surface area contributed by atoms with Crippen LogP contribution < -0.4 is 0 Å². The molecule has 3 aromatic rings. The Balaban J connectivity index is 1.57. The second-order valence-electron chi connectivity index (χ2n) is 7.19. The van der Waals surface area contributed by atoms with E-state index in [-0.39, 0.29) is 5.82 Å². The largest absolute Gasteiger partial charge is 0.294 e. The Morgan fingerprint density at radius 2 is 2.08 bits per heavy atom. The molecule has 0 spiro atoms. The van der Waals surface area contributed by atoms with E-state index in [4.69, 9.17) is 0 Å². The average Bonchev–Trinajstić information content (AvgIpc) is 3.17. The molecule has 0 saturated carbocycles. The normalized spacial score (nSPS) is 15.8. The second kappa shape index (κ2) is 6.68. The summed E-state index contributed by atoms with van der Waals surface area (Å²) in [6.07, 6.45) is 0.901. The number of halogens is 1. The molecule has 136 valence electrons. The molecule has 0 bridgehead atoms. The predicted octanol–water partition coefficient (Wildman–Crippen LogP) is 3.48. The van der Waals surface area contributed by atoms with Crippen LogP contribution in [0.1, 0.15) is 29.6 Å². The van der Waals surface area contributed by atoms with E-state index < -0.39 is 0 Å². The van der Waals surface area contributed by atoms with Crippen LogP contribution in [0.5, 0.6) is 0 Å². The molecule has 0 radical (unpaired) electrons. The third-order valence-corrected chi connectivity index (χ3v) is 5.26. The van der Waals surface area contributed by atoms with Crippen LogP contribution in [-0.2, 0) is 19.5 Å². The summed E-state index contributed by atoms with van der Waals surface area (Å²) in [4.78, 5) is 2.43. The van der Waals surface area contributed by atoms with Crippen LogP contribution in [0.3, 0.4) is 0 Å². The lowest BCUT2D eigenvalue weighted by Crippen LogP contribution is -2.40. The second-order valence-corrected chi connectivity index (χ2v) is 7.19. The molecule has 5 nitrogen and oxygen atoms in total. The van der Waals surface area contributed by atoms with Crippen LogP contribution in [-0.4, -0.2) is 37.5 Å². The Morgan fingerprint density at radius 1 is 1.27 bits per heavy atom. The number of rotatable bonds is 4. The molecule has 1 aliphatic rings. The van der Waals surface area contributed by atoms with Crippen molar-refractivity contribution in [2.45, 2.75) is 46.3 Å². The highest BCUT2D eigenvalue weighted by atomic mass is 19.1. The van der Waals surface area contributed by atoms with Gasteiger partial charge in [-0.1, -0.05) is 12.1 Å². The fourth-order valence-corrected chi connectivity index (χ4v) is 3.79. The molecule has 4 rings (SSSR count). The minimum Gasteiger partial charge on any atom is -0.294 e. The Kier molecular flexibility index (Phi) is 4.36. The number of nitrogens with zero attached hydrogens (tertiary/aromatic N) is 4. The number of benzene rings is 1. The SMILES string of the molecule is Cc1cc(C)n(CC(C)N2CCc3[nH]nc(-c4ccccc4F)c3C2)n1. The van der Waals surface area contributed by atoms with E-state index in [2.05, 4.69) is 44.8 Å². The van der Waals surface area contributed by atoms with Crippen molar-refractivity contribution in [1.82, 2.24) is 24.9 Å². The zero-order valence-electron chi connectivity index (χ0n) is 15.5. The van der Waals surface area contributed by atoms with Gasteiger partial charge in [-0.3, -0.25) is 14.7 Å². The van der Waals surface area contributed by atoms with Gasteiger partial charge in [-0.15, -0.1) is 0 Å². The van der Waals surface area contributed by atoms with Gasteiger partial charge >= 0.3 is 0 Å². The molecule has 26 heavy (non-hydrogen) atoms. The van der Waals surface area contributed by atoms with Crippen molar-refractivity contribution >= 4 is 0 Å². The van der Waals surface area contributed by atoms with Gasteiger partial charge in [0.1, 0.15) is 5.82 Å². The van der Waals surface area contributed by atoms with Crippen molar-refractivity contribution in [2.24, 2.45) is 0 Å². The lowest BCUT2D eigenvalue weighted by Gasteiger charge is -2.32. The van der Waals surface area contributed by atoms with E-state index in [1.165, 1.54) is 11.8 Å². The van der Waals surface area contributed by atoms with Crippen molar-refractivity contribution in [2.75, 3.05) is 6.54 Å². The first-order valence-corrected chi connectivity index (χ1v) is 9.09. The van der Waals surface area contributed by atoms with Gasteiger partial charge in [0.05, 0.1) is 17.9 Å². The molecule has 0 fully saturated rings. The molecule has 1 atom stereocenters. The third-order valence-electron chi connectivity index (χ3n) is 5.26.